The Hall–Kier alpha value is -2.28. The number of thiazole rings is 1. The summed E-state index contributed by atoms with van der Waals surface area (Å²) in [6, 6.07) is 0. The van der Waals surface area contributed by atoms with Crippen molar-refractivity contribution in [3.05, 3.63) is 46.3 Å². The normalized spacial score (nSPS) is 10.5. The van der Waals surface area contributed by atoms with Crippen LogP contribution in [-0.2, 0) is 22.5 Å². The van der Waals surface area contributed by atoms with Crippen LogP contribution in [0.1, 0.15) is 22.0 Å². The van der Waals surface area contributed by atoms with Crippen LogP contribution in [0.4, 0.5) is 5.82 Å². The summed E-state index contributed by atoms with van der Waals surface area (Å²) in [4.78, 5) is 20.6. The number of nitrogens with two attached hydrogens (primary N) is 1. The smallest absolute Gasteiger partial charge is 0.330 e. The molecule has 116 valence electrons. The summed E-state index contributed by atoms with van der Waals surface area (Å²) in [7, 11) is 0. The van der Waals surface area contributed by atoms with Gasteiger partial charge in [-0.2, -0.15) is 4.57 Å². The number of rotatable bonds is 6. The van der Waals surface area contributed by atoms with E-state index in [9.17, 15) is 4.79 Å². The van der Waals surface area contributed by atoms with E-state index in [1.807, 2.05) is 19.4 Å². The number of hydrogen-bond donors (Lipinski definition) is 1. The molecule has 7 heteroatoms. The quantitative estimate of drug-likeness (QED) is 0.494. The van der Waals surface area contributed by atoms with Crippen molar-refractivity contribution in [2.45, 2.75) is 26.8 Å². The number of hydrogen-bond acceptors (Lipinski definition) is 6. The zero-order valence-electron chi connectivity index (χ0n) is 12.7. The molecule has 2 aromatic heterocycles. The predicted octanol–water partition coefficient (Wildman–Crippen LogP) is 1.34. The zero-order valence-corrected chi connectivity index (χ0v) is 13.5. The van der Waals surface area contributed by atoms with Gasteiger partial charge < -0.3 is 10.5 Å². The van der Waals surface area contributed by atoms with E-state index in [1.165, 1.54) is 11.0 Å². The number of esters is 1. The Morgan fingerprint density at radius 1 is 1.55 bits per heavy atom. The summed E-state index contributed by atoms with van der Waals surface area (Å²) in [6.07, 6.45) is 3.61. The lowest BCUT2D eigenvalue weighted by molar-refractivity contribution is -0.689. The van der Waals surface area contributed by atoms with Gasteiger partial charge in [-0.1, -0.05) is 17.9 Å². The number of carbonyl (C=O) groups excluding carboxylic acids is 1. The van der Waals surface area contributed by atoms with Crippen LogP contribution in [0.5, 0.6) is 0 Å². The number of anilines is 1. The second kappa shape index (κ2) is 7.13. The Labute approximate surface area is 133 Å². The highest BCUT2D eigenvalue weighted by atomic mass is 32.1. The summed E-state index contributed by atoms with van der Waals surface area (Å²) < 4.78 is 7.11. The Morgan fingerprint density at radius 3 is 3.00 bits per heavy atom. The van der Waals surface area contributed by atoms with Crippen LogP contribution in [0.3, 0.4) is 0 Å². The molecule has 0 aliphatic heterocycles. The second-order valence-electron chi connectivity index (χ2n) is 4.81. The highest BCUT2D eigenvalue weighted by Crippen LogP contribution is 2.14. The first-order valence-electron chi connectivity index (χ1n) is 6.85. The lowest BCUT2D eigenvalue weighted by Gasteiger charge is -2.02. The van der Waals surface area contributed by atoms with Gasteiger partial charge in [0, 0.05) is 25.6 Å². The van der Waals surface area contributed by atoms with Crippen molar-refractivity contribution in [1.29, 1.82) is 0 Å². The molecule has 0 amide bonds. The Kier molecular flexibility index (Phi) is 5.21. The van der Waals surface area contributed by atoms with Gasteiger partial charge in [-0.15, -0.1) is 0 Å². The van der Waals surface area contributed by atoms with Crippen LogP contribution in [-0.4, -0.2) is 22.5 Å². The van der Waals surface area contributed by atoms with Gasteiger partial charge in [-0.25, -0.2) is 14.8 Å². The molecular formula is C15H19N4O2S+. The third-order valence-electron chi connectivity index (χ3n) is 3.26. The van der Waals surface area contributed by atoms with Crippen molar-refractivity contribution < 1.29 is 14.1 Å². The molecule has 2 aromatic rings. The first kappa shape index (κ1) is 16.1. The van der Waals surface area contributed by atoms with Crippen molar-refractivity contribution in [3.8, 4) is 0 Å². The summed E-state index contributed by atoms with van der Waals surface area (Å²) in [5.74, 6) is 0.775. The van der Waals surface area contributed by atoms with Gasteiger partial charge in [0.05, 0.1) is 17.0 Å². The van der Waals surface area contributed by atoms with E-state index in [1.54, 1.807) is 17.5 Å². The van der Waals surface area contributed by atoms with E-state index in [-0.39, 0.29) is 0 Å². The summed E-state index contributed by atoms with van der Waals surface area (Å²) in [5, 5.41) is 0. The van der Waals surface area contributed by atoms with E-state index < -0.39 is 5.97 Å². The molecule has 0 aliphatic carbocycles. The first-order chi connectivity index (χ1) is 10.5. The minimum atomic E-state index is -0.397. The average Bonchev–Trinajstić information content (AvgIpc) is 2.83. The molecule has 0 aliphatic rings. The SMILES string of the molecule is C=CC(=O)OCCc1sc[n+](Cc2cnc(C)nc2N)c1C. The monoisotopic (exact) mass is 319 g/mol. The maximum absolute atomic E-state index is 11.0. The molecular weight excluding hydrogens is 300 g/mol. The van der Waals surface area contributed by atoms with Gasteiger partial charge in [-0.3, -0.25) is 0 Å². The molecule has 22 heavy (non-hydrogen) atoms. The molecule has 0 spiro atoms. The van der Waals surface area contributed by atoms with Crippen LogP contribution in [0.15, 0.2) is 24.4 Å². The van der Waals surface area contributed by atoms with Crippen LogP contribution in [0.25, 0.3) is 0 Å². The van der Waals surface area contributed by atoms with Crippen molar-refractivity contribution in [3.63, 3.8) is 0 Å². The number of carbonyl (C=O) groups is 1. The average molecular weight is 319 g/mol. The molecule has 6 nitrogen and oxygen atoms in total. The summed E-state index contributed by atoms with van der Waals surface area (Å²) >= 11 is 1.63. The van der Waals surface area contributed by atoms with Crippen molar-refractivity contribution in [2.75, 3.05) is 12.3 Å². The van der Waals surface area contributed by atoms with E-state index in [2.05, 4.69) is 21.1 Å². The molecule has 2 heterocycles. The molecule has 2 N–H and O–H groups in total. The fourth-order valence-corrected chi connectivity index (χ4v) is 2.94. The highest BCUT2D eigenvalue weighted by Gasteiger charge is 2.17. The Balaban J connectivity index is 2.04. The number of aryl methyl sites for hydroxylation is 1. The number of nitrogen functional groups attached to an aromatic ring is 1. The van der Waals surface area contributed by atoms with Crippen molar-refractivity contribution >= 4 is 23.1 Å². The van der Waals surface area contributed by atoms with Gasteiger partial charge in [-0.05, 0) is 6.92 Å². The van der Waals surface area contributed by atoms with Crippen molar-refractivity contribution in [2.24, 2.45) is 0 Å². The molecule has 0 radical (unpaired) electrons. The first-order valence-corrected chi connectivity index (χ1v) is 7.72. The van der Waals surface area contributed by atoms with E-state index in [0.717, 1.165) is 11.3 Å². The summed E-state index contributed by atoms with van der Waals surface area (Å²) in [5.41, 5.74) is 9.97. The maximum atomic E-state index is 11.0. The number of ether oxygens (including phenoxy) is 1. The maximum Gasteiger partial charge on any atom is 0.330 e. The molecule has 0 aromatic carbocycles. The van der Waals surface area contributed by atoms with Gasteiger partial charge in [0.1, 0.15) is 11.6 Å². The number of aromatic nitrogens is 3. The zero-order chi connectivity index (χ0) is 16.1. The number of nitrogens with zero attached hydrogens (tertiary/aromatic N) is 3. The Morgan fingerprint density at radius 2 is 2.32 bits per heavy atom. The molecule has 0 saturated heterocycles. The fraction of sp³-hybridized carbons (Fsp3) is 0.333. The van der Waals surface area contributed by atoms with E-state index in [4.69, 9.17) is 10.5 Å². The molecule has 0 bridgehead atoms. The summed E-state index contributed by atoms with van der Waals surface area (Å²) in [6.45, 7) is 8.19. The lowest BCUT2D eigenvalue weighted by atomic mass is 10.2. The minimum absolute atomic E-state index is 0.349. The lowest BCUT2D eigenvalue weighted by Crippen LogP contribution is -2.35. The van der Waals surface area contributed by atoms with E-state index in [0.29, 0.717) is 31.2 Å². The fourth-order valence-electron chi connectivity index (χ4n) is 1.97. The molecule has 0 atom stereocenters. The molecule has 0 saturated carbocycles. The topological polar surface area (TPSA) is 82.0 Å². The molecule has 0 unspecified atom stereocenters. The largest absolute Gasteiger partial charge is 0.462 e. The van der Waals surface area contributed by atoms with Crippen LogP contribution >= 0.6 is 11.3 Å². The van der Waals surface area contributed by atoms with Gasteiger partial charge in [0.25, 0.3) is 0 Å². The third kappa shape index (κ3) is 3.88. The second-order valence-corrected chi connectivity index (χ2v) is 5.75. The Bertz CT molecular complexity index is 697. The molecule has 0 fully saturated rings. The van der Waals surface area contributed by atoms with Gasteiger partial charge in [0.15, 0.2) is 12.2 Å². The predicted molar refractivity (Wildman–Crippen MR) is 84.4 cm³/mol. The van der Waals surface area contributed by atoms with Crippen LogP contribution in [0, 0.1) is 13.8 Å². The van der Waals surface area contributed by atoms with Crippen LogP contribution in [0.2, 0.25) is 0 Å². The van der Waals surface area contributed by atoms with E-state index >= 15 is 0 Å². The van der Waals surface area contributed by atoms with Crippen molar-refractivity contribution in [1.82, 2.24) is 9.97 Å². The van der Waals surface area contributed by atoms with Gasteiger partial charge in [0.2, 0.25) is 5.51 Å². The highest BCUT2D eigenvalue weighted by molar-refractivity contribution is 7.09. The van der Waals surface area contributed by atoms with Gasteiger partial charge >= 0.3 is 5.97 Å². The van der Waals surface area contributed by atoms with Crippen LogP contribution < -0.4 is 10.3 Å². The standard InChI is InChI=1S/C15H19N4O2S/c1-4-14(20)21-6-5-13-10(2)19(9-22-13)8-12-7-17-11(3)18-15(12)16/h4,7,9H,1,5-6,8H2,2-3H3,(H2,16,17,18)/q+1. The minimum Gasteiger partial charge on any atom is -0.462 e. The molecule has 2 rings (SSSR count). The third-order valence-corrected chi connectivity index (χ3v) is 4.40.